The number of carboxylic acid groups (broad SMARTS) is 1. The summed E-state index contributed by atoms with van der Waals surface area (Å²) >= 11 is 0. The predicted molar refractivity (Wildman–Crippen MR) is 63.5 cm³/mol. The van der Waals surface area contributed by atoms with Crippen LogP contribution in [0.25, 0.3) is 0 Å². The lowest BCUT2D eigenvalue weighted by Crippen LogP contribution is -2.29. The van der Waals surface area contributed by atoms with Gasteiger partial charge in [-0.15, -0.1) is 0 Å². The van der Waals surface area contributed by atoms with Crippen LogP contribution in [0.2, 0.25) is 0 Å². The van der Waals surface area contributed by atoms with E-state index < -0.39 is 5.97 Å². The largest absolute Gasteiger partial charge is 0.481 e. The number of rotatable bonds is 5. The fraction of sp³-hybridized carbons (Fsp3) is 0.417. The third-order valence-electron chi connectivity index (χ3n) is 2.45. The summed E-state index contributed by atoms with van der Waals surface area (Å²) in [6, 6.07) is 5.10. The molecule has 0 aromatic carbocycles. The molecule has 1 unspecified atom stereocenters. The molecule has 0 saturated carbocycles. The van der Waals surface area contributed by atoms with Gasteiger partial charge in [-0.1, -0.05) is 13.8 Å². The Balaban J connectivity index is 2.86. The molecular formula is C12H15N3O2. The van der Waals surface area contributed by atoms with Crippen molar-refractivity contribution in [2.75, 3.05) is 5.32 Å². The van der Waals surface area contributed by atoms with Crippen LogP contribution in [-0.4, -0.2) is 22.1 Å². The summed E-state index contributed by atoms with van der Waals surface area (Å²) in [5, 5.41) is 20.7. The predicted octanol–water partition coefficient (Wildman–Crippen LogP) is 1.86. The minimum Gasteiger partial charge on any atom is -0.481 e. The van der Waals surface area contributed by atoms with Crippen LogP contribution >= 0.6 is 0 Å². The smallest absolute Gasteiger partial charge is 0.305 e. The Morgan fingerprint density at radius 3 is 2.88 bits per heavy atom. The molecular weight excluding hydrogens is 218 g/mol. The van der Waals surface area contributed by atoms with E-state index in [4.69, 9.17) is 10.4 Å². The molecule has 1 aromatic rings. The van der Waals surface area contributed by atoms with Crippen LogP contribution in [0.3, 0.4) is 0 Å². The topological polar surface area (TPSA) is 86.0 Å². The number of aliphatic carboxylic acids is 1. The molecule has 5 heteroatoms. The third kappa shape index (κ3) is 3.76. The van der Waals surface area contributed by atoms with Crippen LogP contribution in [0.15, 0.2) is 18.3 Å². The lowest BCUT2D eigenvalue weighted by Gasteiger charge is -2.21. The highest BCUT2D eigenvalue weighted by Gasteiger charge is 2.18. The van der Waals surface area contributed by atoms with E-state index >= 15 is 0 Å². The Bertz CT molecular complexity index is 438. The van der Waals surface area contributed by atoms with Gasteiger partial charge in [0.15, 0.2) is 0 Å². The Kier molecular flexibility index (Phi) is 4.46. The van der Waals surface area contributed by atoms with Gasteiger partial charge in [0.2, 0.25) is 0 Å². The summed E-state index contributed by atoms with van der Waals surface area (Å²) in [6.45, 7) is 3.85. The average Bonchev–Trinajstić information content (AvgIpc) is 2.28. The number of pyridine rings is 1. The molecule has 90 valence electrons. The maximum absolute atomic E-state index is 10.7. The third-order valence-corrected chi connectivity index (χ3v) is 2.45. The number of nitrogens with one attached hydrogen (secondary N) is 1. The fourth-order valence-corrected chi connectivity index (χ4v) is 1.43. The average molecular weight is 233 g/mol. The van der Waals surface area contributed by atoms with Gasteiger partial charge in [-0.05, 0) is 18.1 Å². The highest BCUT2D eigenvalue weighted by molar-refractivity contribution is 5.68. The molecule has 0 aliphatic rings. The quantitative estimate of drug-likeness (QED) is 0.810. The molecule has 0 radical (unpaired) electrons. The number of hydrogen-bond acceptors (Lipinski definition) is 4. The monoisotopic (exact) mass is 233 g/mol. The van der Waals surface area contributed by atoms with E-state index in [1.807, 2.05) is 19.9 Å². The molecule has 17 heavy (non-hydrogen) atoms. The fourth-order valence-electron chi connectivity index (χ4n) is 1.43. The van der Waals surface area contributed by atoms with Gasteiger partial charge in [-0.3, -0.25) is 4.79 Å². The van der Waals surface area contributed by atoms with Crippen molar-refractivity contribution >= 4 is 11.8 Å². The van der Waals surface area contributed by atoms with E-state index in [2.05, 4.69) is 10.3 Å². The van der Waals surface area contributed by atoms with Crippen LogP contribution < -0.4 is 5.32 Å². The second-order valence-electron chi connectivity index (χ2n) is 4.10. The molecule has 0 amide bonds. The van der Waals surface area contributed by atoms with Crippen molar-refractivity contribution in [2.45, 2.75) is 26.3 Å². The van der Waals surface area contributed by atoms with E-state index in [9.17, 15) is 4.79 Å². The van der Waals surface area contributed by atoms with Gasteiger partial charge in [0.1, 0.15) is 11.9 Å². The van der Waals surface area contributed by atoms with E-state index in [1.54, 1.807) is 18.3 Å². The van der Waals surface area contributed by atoms with Crippen molar-refractivity contribution in [3.05, 3.63) is 23.9 Å². The van der Waals surface area contributed by atoms with Crippen LogP contribution in [0.4, 0.5) is 5.82 Å². The number of aromatic nitrogens is 1. The minimum absolute atomic E-state index is 0.000883. The molecule has 1 rings (SSSR count). The first-order valence-corrected chi connectivity index (χ1v) is 5.38. The summed E-state index contributed by atoms with van der Waals surface area (Å²) in [5.41, 5.74) is 0.420. The number of carbonyl (C=O) groups is 1. The molecule has 5 nitrogen and oxygen atoms in total. The molecule has 0 aliphatic heterocycles. The first-order valence-electron chi connectivity index (χ1n) is 5.38. The SMILES string of the molecule is CC(C)C(CC(=O)O)Nc1ncccc1C#N. The van der Waals surface area contributed by atoms with Crippen molar-refractivity contribution in [1.29, 1.82) is 5.26 Å². The number of carboxylic acids is 1. The van der Waals surface area contributed by atoms with Crippen LogP contribution in [0, 0.1) is 17.2 Å². The second-order valence-corrected chi connectivity index (χ2v) is 4.10. The molecule has 1 heterocycles. The van der Waals surface area contributed by atoms with Gasteiger partial charge in [0, 0.05) is 12.2 Å². The summed E-state index contributed by atoms with van der Waals surface area (Å²) in [4.78, 5) is 14.8. The molecule has 1 aromatic heterocycles. The molecule has 0 bridgehead atoms. The van der Waals surface area contributed by atoms with Gasteiger partial charge < -0.3 is 10.4 Å². The lowest BCUT2D eigenvalue weighted by atomic mass is 10.0. The van der Waals surface area contributed by atoms with Crippen molar-refractivity contribution in [1.82, 2.24) is 4.98 Å². The van der Waals surface area contributed by atoms with Crippen molar-refractivity contribution in [3.63, 3.8) is 0 Å². The first-order chi connectivity index (χ1) is 8.04. The Morgan fingerprint density at radius 2 is 2.35 bits per heavy atom. The van der Waals surface area contributed by atoms with Crippen LogP contribution in [0.1, 0.15) is 25.8 Å². The molecule has 0 saturated heterocycles. The van der Waals surface area contributed by atoms with Crippen LogP contribution in [0.5, 0.6) is 0 Å². The molecule has 1 atom stereocenters. The van der Waals surface area contributed by atoms with Crippen molar-refractivity contribution in [2.24, 2.45) is 5.92 Å². The minimum atomic E-state index is -0.870. The first kappa shape index (κ1) is 13.0. The number of nitrogens with zero attached hydrogens (tertiary/aromatic N) is 2. The van der Waals surface area contributed by atoms with Crippen molar-refractivity contribution in [3.8, 4) is 6.07 Å². The zero-order chi connectivity index (χ0) is 12.8. The van der Waals surface area contributed by atoms with E-state index in [0.717, 1.165) is 0 Å². The van der Waals surface area contributed by atoms with E-state index in [1.165, 1.54) is 0 Å². The van der Waals surface area contributed by atoms with Gasteiger partial charge in [-0.25, -0.2) is 4.98 Å². The number of hydrogen-bond donors (Lipinski definition) is 2. The zero-order valence-corrected chi connectivity index (χ0v) is 9.84. The van der Waals surface area contributed by atoms with Crippen molar-refractivity contribution < 1.29 is 9.90 Å². The maximum atomic E-state index is 10.7. The van der Waals surface area contributed by atoms with Gasteiger partial charge in [-0.2, -0.15) is 5.26 Å². The maximum Gasteiger partial charge on any atom is 0.305 e. The number of anilines is 1. The second kappa shape index (κ2) is 5.85. The Morgan fingerprint density at radius 1 is 1.65 bits per heavy atom. The summed E-state index contributed by atoms with van der Waals surface area (Å²) < 4.78 is 0. The molecule has 0 aliphatic carbocycles. The highest BCUT2D eigenvalue weighted by Crippen LogP contribution is 2.16. The summed E-state index contributed by atoms with van der Waals surface area (Å²) in [7, 11) is 0. The summed E-state index contributed by atoms with van der Waals surface area (Å²) in [5.74, 6) is -0.291. The Hall–Kier alpha value is -2.09. The zero-order valence-electron chi connectivity index (χ0n) is 9.84. The highest BCUT2D eigenvalue weighted by atomic mass is 16.4. The molecule has 0 fully saturated rings. The van der Waals surface area contributed by atoms with Crippen LogP contribution in [-0.2, 0) is 4.79 Å². The van der Waals surface area contributed by atoms with Gasteiger partial charge in [0.05, 0.1) is 12.0 Å². The molecule has 2 N–H and O–H groups in total. The van der Waals surface area contributed by atoms with Gasteiger partial charge in [0.25, 0.3) is 0 Å². The lowest BCUT2D eigenvalue weighted by molar-refractivity contribution is -0.137. The normalized spacial score (nSPS) is 11.9. The standard InChI is InChI=1S/C12H15N3O2/c1-8(2)10(6-11(16)17)15-12-9(7-13)4-3-5-14-12/h3-5,8,10H,6H2,1-2H3,(H,14,15)(H,16,17). The van der Waals surface area contributed by atoms with E-state index in [0.29, 0.717) is 11.4 Å². The Labute approximate surface area is 100 Å². The van der Waals surface area contributed by atoms with E-state index in [-0.39, 0.29) is 18.4 Å². The van der Waals surface area contributed by atoms with Gasteiger partial charge >= 0.3 is 5.97 Å². The summed E-state index contributed by atoms with van der Waals surface area (Å²) in [6.07, 6.45) is 1.57. The molecule has 0 spiro atoms. The number of nitriles is 1.